The summed E-state index contributed by atoms with van der Waals surface area (Å²) < 4.78 is 4.91. The monoisotopic (exact) mass is 339 g/mol. The molecule has 6 heteroatoms. The molecule has 25 heavy (non-hydrogen) atoms. The van der Waals surface area contributed by atoms with Crippen molar-refractivity contribution in [3.63, 3.8) is 0 Å². The number of nitrogens with one attached hydrogen (secondary N) is 1. The fraction of sp³-hybridized carbons (Fsp3) is 0.316. The van der Waals surface area contributed by atoms with Crippen LogP contribution in [0.4, 0.5) is 5.69 Å². The third kappa shape index (κ3) is 3.85. The van der Waals surface area contributed by atoms with Crippen molar-refractivity contribution in [3.05, 3.63) is 59.4 Å². The van der Waals surface area contributed by atoms with Crippen LogP contribution in [0.1, 0.15) is 32.8 Å². The SMILES string of the molecule is COCCNC(=O)c1cc(C(=O)N2CCCc3ccccc32)ccn1. The predicted octanol–water partition coefficient (Wildman–Crippen LogP) is 2.05. The van der Waals surface area contributed by atoms with E-state index in [0.717, 1.165) is 18.5 Å². The van der Waals surface area contributed by atoms with E-state index in [2.05, 4.69) is 16.4 Å². The molecule has 2 amide bonds. The molecule has 0 unspecified atom stereocenters. The zero-order valence-electron chi connectivity index (χ0n) is 14.2. The van der Waals surface area contributed by atoms with Crippen molar-refractivity contribution in [2.24, 2.45) is 0 Å². The number of benzene rings is 1. The highest BCUT2D eigenvalue weighted by atomic mass is 16.5. The van der Waals surface area contributed by atoms with E-state index in [-0.39, 0.29) is 17.5 Å². The van der Waals surface area contributed by atoms with Crippen LogP contribution in [0.3, 0.4) is 0 Å². The van der Waals surface area contributed by atoms with E-state index in [9.17, 15) is 9.59 Å². The largest absolute Gasteiger partial charge is 0.383 e. The van der Waals surface area contributed by atoms with Crippen LogP contribution < -0.4 is 10.2 Å². The van der Waals surface area contributed by atoms with Crippen LogP contribution in [-0.2, 0) is 11.2 Å². The molecule has 0 spiro atoms. The summed E-state index contributed by atoms with van der Waals surface area (Å²) in [5.41, 5.74) is 2.81. The first-order valence-corrected chi connectivity index (χ1v) is 8.33. The zero-order valence-corrected chi connectivity index (χ0v) is 14.2. The number of aromatic nitrogens is 1. The van der Waals surface area contributed by atoms with Crippen molar-refractivity contribution in [3.8, 4) is 0 Å². The topological polar surface area (TPSA) is 71.5 Å². The summed E-state index contributed by atoms with van der Waals surface area (Å²) in [4.78, 5) is 30.9. The lowest BCUT2D eigenvalue weighted by Crippen LogP contribution is -2.35. The lowest BCUT2D eigenvalue weighted by Gasteiger charge is -2.29. The Morgan fingerprint density at radius 2 is 2.12 bits per heavy atom. The Kier molecular flexibility index (Phi) is 5.40. The molecule has 2 aromatic rings. The van der Waals surface area contributed by atoms with Gasteiger partial charge in [0.15, 0.2) is 0 Å². The first-order chi connectivity index (χ1) is 12.2. The minimum Gasteiger partial charge on any atom is -0.383 e. The molecule has 0 fully saturated rings. The van der Waals surface area contributed by atoms with Gasteiger partial charge in [-0.1, -0.05) is 18.2 Å². The lowest BCUT2D eigenvalue weighted by atomic mass is 10.0. The van der Waals surface area contributed by atoms with E-state index in [1.54, 1.807) is 24.1 Å². The van der Waals surface area contributed by atoms with E-state index in [1.807, 2.05) is 18.2 Å². The molecule has 1 aliphatic rings. The maximum atomic E-state index is 12.9. The summed E-state index contributed by atoms with van der Waals surface area (Å²) in [6, 6.07) is 11.1. The molecule has 0 saturated carbocycles. The Labute approximate surface area is 146 Å². The van der Waals surface area contributed by atoms with Crippen LogP contribution in [0, 0.1) is 0 Å². The molecule has 1 N–H and O–H groups in total. The van der Waals surface area contributed by atoms with Gasteiger partial charge in [-0.25, -0.2) is 0 Å². The van der Waals surface area contributed by atoms with Gasteiger partial charge in [-0.3, -0.25) is 14.6 Å². The van der Waals surface area contributed by atoms with Crippen molar-refractivity contribution < 1.29 is 14.3 Å². The number of carbonyl (C=O) groups excluding carboxylic acids is 2. The number of aryl methyl sites for hydroxylation is 1. The second-order valence-electron chi connectivity index (χ2n) is 5.87. The Hall–Kier alpha value is -2.73. The van der Waals surface area contributed by atoms with Crippen LogP contribution in [-0.4, -0.2) is 43.6 Å². The maximum absolute atomic E-state index is 12.9. The molecule has 0 bridgehead atoms. The number of anilines is 1. The molecule has 3 rings (SSSR count). The van der Waals surface area contributed by atoms with E-state index >= 15 is 0 Å². The van der Waals surface area contributed by atoms with Crippen molar-refractivity contribution in [2.75, 3.05) is 31.7 Å². The number of nitrogens with zero attached hydrogens (tertiary/aromatic N) is 2. The fourth-order valence-corrected chi connectivity index (χ4v) is 2.95. The lowest BCUT2D eigenvalue weighted by molar-refractivity contribution is 0.0932. The normalized spacial score (nSPS) is 13.2. The number of para-hydroxylation sites is 1. The third-order valence-electron chi connectivity index (χ3n) is 4.19. The highest BCUT2D eigenvalue weighted by Gasteiger charge is 2.24. The molecule has 0 atom stereocenters. The van der Waals surface area contributed by atoms with Crippen LogP contribution in [0.2, 0.25) is 0 Å². The number of rotatable bonds is 5. The van der Waals surface area contributed by atoms with Crippen molar-refractivity contribution in [2.45, 2.75) is 12.8 Å². The van der Waals surface area contributed by atoms with Gasteiger partial charge >= 0.3 is 0 Å². The summed E-state index contributed by atoms with van der Waals surface area (Å²) in [6.07, 6.45) is 3.40. The summed E-state index contributed by atoms with van der Waals surface area (Å²) in [5.74, 6) is -0.425. The molecule has 1 aliphatic heterocycles. The van der Waals surface area contributed by atoms with Crippen molar-refractivity contribution in [1.82, 2.24) is 10.3 Å². The van der Waals surface area contributed by atoms with Gasteiger partial charge in [0.05, 0.1) is 6.61 Å². The first-order valence-electron chi connectivity index (χ1n) is 8.33. The number of hydrogen-bond acceptors (Lipinski definition) is 4. The van der Waals surface area contributed by atoms with Crippen LogP contribution in [0.15, 0.2) is 42.6 Å². The van der Waals surface area contributed by atoms with E-state index in [1.165, 1.54) is 11.8 Å². The highest BCUT2D eigenvalue weighted by Crippen LogP contribution is 2.28. The van der Waals surface area contributed by atoms with Gasteiger partial charge in [-0.2, -0.15) is 0 Å². The molecule has 2 heterocycles. The molecule has 0 radical (unpaired) electrons. The van der Waals surface area contributed by atoms with Crippen LogP contribution >= 0.6 is 0 Å². The number of methoxy groups -OCH3 is 1. The maximum Gasteiger partial charge on any atom is 0.269 e. The minimum absolute atomic E-state index is 0.111. The number of amides is 2. The number of hydrogen-bond donors (Lipinski definition) is 1. The van der Waals surface area contributed by atoms with Gasteiger partial charge in [0.2, 0.25) is 0 Å². The molecular formula is C19H21N3O3. The zero-order chi connectivity index (χ0) is 17.6. The Morgan fingerprint density at radius 1 is 1.28 bits per heavy atom. The smallest absolute Gasteiger partial charge is 0.269 e. The van der Waals surface area contributed by atoms with Crippen LogP contribution in [0.25, 0.3) is 0 Å². The first kappa shape index (κ1) is 17.1. The van der Waals surface area contributed by atoms with Gasteiger partial charge in [0, 0.05) is 37.6 Å². The minimum atomic E-state index is -0.314. The molecule has 6 nitrogen and oxygen atoms in total. The van der Waals surface area contributed by atoms with Gasteiger partial charge in [0.25, 0.3) is 11.8 Å². The van der Waals surface area contributed by atoms with E-state index in [4.69, 9.17) is 4.74 Å². The van der Waals surface area contributed by atoms with Gasteiger partial charge in [-0.15, -0.1) is 0 Å². The van der Waals surface area contributed by atoms with Crippen molar-refractivity contribution in [1.29, 1.82) is 0 Å². The van der Waals surface area contributed by atoms with Gasteiger partial charge in [0.1, 0.15) is 5.69 Å². The van der Waals surface area contributed by atoms with Gasteiger partial charge in [-0.05, 0) is 36.6 Å². The van der Waals surface area contributed by atoms with Gasteiger partial charge < -0.3 is 15.0 Å². The highest BCUT2D eigenvalue weighted by molar-refractivity contribution is 6.07. The molecule has 130 valence electrons. The van der Waals surface area contributed by atoms with E-state index < -0.39 is 0 Å². The second-order valence-corrected chi connectivity index (χ2v) is 5.87. The molecule has 0 aliphatic carbocycles. The second kappa shape index (κ2) is 7.90. The molecule has 1 aromatic heterocycles. The molecule has 0 saturated heterocycles. The predicted molar refractivity (Wildman–Crippen MR) is 94.9 cm³/mol. The standard InChI is InChI=1S/C19H21N3O3/c1-25-12-10-21-18(23)16-13-15(8-9-20-16)19(24)22-11-4-6-14-5-2-3-7-17(14)22/h2-3,5,7-9,13H,4,6,10-12H2,1H3,(H,21,23). The Bertz CT molecular complexity index is 776. The van der Waals surface area contributed by atoms with E-state index in [0.29, 0.717) is 25.3 Å². The number of carbonyl (C=O) groups is 2. The average molecular weight is 339 g/mol. The summed E-state index contributed by atoms with van der Waals surface area (Å²) >= 11 is 0. The summed E-state index contributed by atoms with van der Waals surface area (Å²) in [5, 5.41) is 2.71. The summed E-state index contributed by atoms with van der Waals surface area (Å²) in [7, 11) is 1.57. The quantitative estimate of drug-likeness (QED) is 0.847. The third-order valence-corrected chi connectivity index (χ3v) is 4.19. The van der Waals surface area contributed by atoms with Crippen molar-refractivity contribution >= 4 is 17.5 Å². The Morgan fingerprint density at radius 3 is 2.96 bits per heavy atom. The Balaban J connectivity index is 1.80. The molecular weight excluding hydrogens is 318 g/mol. The summed E-state index contributed by atoms with van der Waals surface area (Å²) in [6.45, 7) is 1.50. The van der Waals surface area contributed by atoms with Crippen LogP contribution in [0.5, 0.6) is 0 Å². The number of pyridine rings is 1. The average Bonchev–Trinajstić information content (AvgIpc) is 2.67. The molecule has 1 aromatic carbocycles. The number of fused-ring (bicyclic) bond motifs is 1. The fourth-order valence-electron chi connectivity index (χ4n) is 2.95. The number of ether oxygens (including phenoxy) is 1.